The summed E-state index contributed by atoms with van der Waals surface area (Å²) in [5.41, 5.74) is 1.31. The van der Waals surface area contributed by atoms with Crippen molar-refractivity contribution >= 4 is 11.7 Å². The zero-order valence-corrected chi connectivity index (χ0v) is 13.4. The van der Waals surface area contributed by atoms with Gasteiger partial charge in [0.2, 0.25) is 5.91 Å². The molecule has 1 aromatic heterocycles. The van der Waals surface area contributed by atoms with E-state index in [-0.39, 0.29) is 5.92 Å². The Morgan fingerprint density at radius 2 is 2.00 bits per heavy atom. The van der Waals surface area contributed by atoms with E-state index in [0.29, 0.717) is 17.9 Å². The predicted molar refractivity (Wildman–Crippen MR) is 87.0 cm³/mol. The zero-order chi connectivity index (χ0) is 17.1. The van der Waals surface area contributed by atoms with Crippen LogP contribution < -0.4 is 0 Å². The van der Waals surface area contributed by atoms with E-state index in [0.717, 1.165) is 18.4 Å². The predicted octanol–water partition coefficient (Wildman–Crippen LogP) is 3.14. The third kappa shape index (κ3) is 3.23. The van der Waals surface area contributed by atoms with Gasteiger partial charge in [-0.2, -0.15) is 5.26 Å². The van der Waals surface area contributed by atoms with Gasteiger partial charge in [0.25, 0.3) is 0 Å². The van der Waals surface area contributed by atoms with Crippen LogP contribution in [0.2, 0.25) is 0 Å². The van der Waals surface area contributed by atoms with Crippen molar-refractivity contribution in [1.29, 1.82) is 5.26 Å². The molecule has 0 saturated heterocycles. The van der Waals surface area contributed by atoms with E-state index in [4.69, 9.17) is 4.42 Å². The van der Waals surface area contributed by atoms with E-state index in [1.54, 1.807) is 13.1 Å². The summed E-state index contributed by atoms with van der Waals surface area (Å²) in [6, 6.07) is 12.9. The van der Waals surface area contributed by atoms with Gasteiger partial charge in [-0.25, -0.2) is 0 Å². The van der Waals surface area contributed by atoms with Gasteiger partial charge in [0.15, 0.2) is 11.7 Å². The molecule has 1 aliphatic carbocycles. The lowest BCUT2D eigenvalue weighted by atomic mass is 9.96. The molecule has 1 aromatic carbocycles. The van der Waals surface area contributed by atoms with Crippen molar-refractivity contribution in [3.63, 3.8) is 0 Å². The second kappa shape index (κ2) is 6.71. The first-order valence-corrected chi connectivity index (χ1v) is 7.92. The van der Waals surface area contributed by atoms with E-state index in [2.05, 4.69) is 0 Å². The molecule has 0 N–H and O–H groups in total. The summed E-state index contributed by atoms with van der Waals surface area (Å²) in [4.78, 5) is 26.6. The Hall–Kier alpha value is -2.87. The highest BCUT2D eigenvalue weighted by Gasteiger charge is 2.36. The fourth-order valence-electron chi connectivity index (χ4n) is 2.72. The number of nitriles is 1. The van der Waals surface area contributed by atoms with E-state index < -0.39 is 17.6 Å². The van der Waals surface area contributed by atoms with Crippen LogP contribution >= 0.6 is 0 Å². The van der Waals surface area contributed by atoms with Crippen LogP contribution in [0.4, 0.5) is 0 Å². The molecule has 5 nitrogen and oxygen atoms in total. The first kappa shape index (κ1) is 16.0. The topological polar surface area (TPSA) is 74.3 Å². The van der Waals surface area contributed by atoms with Crippen LogP contribution in [0.1, 0.15) is 40.4 Å². The van der Waals surface area contributed by atoms with Gasteiger partial charge < -0.3 is 9.32 Å². The smallest absolute Gasteiger partial charge is 0.248 e. The van der Waals surface area contributed by atoms with E-state index in [9.17, 15) is 14.9 Å². The molecule has 0 bridgehead atoms. The molecule has 0 radical (unpaired) electrons. The Labute approximate surface area is 140 Å². The molecule has 1 amide bonds. The van der Waals surface area contributed by atoms with Crippen molar-refractivity contribution in [2.45, 2.75) is 25.3 Å². The summed E-state index contributed by atoms with van der Waals surface area (Å²) in [6.45, 7) is 0.353. The van der Waals surface area contributed by atoms with Crippen LogP contribution in [0.3, 0.4) is 0 Å². The summed E-state index contributed by atoms with van der Waals surface area (Å²) in [5.74, 6) is -1.45. The molecule has 2 aromatic rings. The fraction of sp³-hybridized carbons (Fsp3) is 0.316. The first-order chi connectivity index (χ1) is 11.6. The lowest BCUT2D eigenvalue weighted by Gasteiger charge is -2.19. The normalized spacial score (nSPS) is 14.7. The van der Waals surface area contributed by atoms with Crippen LogP contribution in [0.15, 0.2) is 47.1 Å². The van der Waals surface area contributed by atoms with Gasteiger partial charge in [0.1, 0.15) is 5.76 Å². The zero-order valence-electron chi connectivity index (χ0n) is 13.4. The number of furan rings is 1. The minimum Gasteiger partial charge on any atom is -0.468 e. The fourth-order valence-corrected chi connectivity index (χ4v) is 2.72. The number of benzene rings is 1. The van der Waals surface area contributed by atoms with Crippen LogP contribution in [0.5, 0.6) is 0 Å². The number of hydrogen-bond donors (Lipinski definition) is 0. The molecular weight excluding hydrogens is 304 g/mol. The third-order valence-corrected chi connectivity index (χ3v) is 4.19. The maximum Gasteiger partial charge on any atom is 0.248 e. The van der Waals surface area contributed by atoms with Crippen LogP contribution in [-0.4, -0.2) is 23.6 Å². The average Bonchev–Trinajstić information content (AvgIpc) is 3.32. The molecular formula is C19H18N2O3. The molecule has 0 aliphatic heterocycles. The number of nitrogens with zero attached hydrogens (tertiary/aromatic N) is 2. The van der Waals surface area contributed by atoms with Crippen molar-refractivity contribution in [1.82, 2.24) is 4.90 Å². The standard InChI is InChI=1S/C19H18N2O3/c1-21(12-13-5-3-2-4-6-13)19(23)16(11-20)17(22)15-9-10-24-18(15)14-7-8-14/h2-6,9-10,14,16H,7-8,12H2,1H3/t16-/m0/s1. The monoisotopic (exact) mass is 322 g/mol. The Morgan fingerprint density at radius 1 is 1.29 bits per heavy atom. The lowest BCUT2D eigenvalue weighted by Crippen LogP contribution is -2.36. The van der Waals surface area contributed by atoms with Crippen molar-refractivity contribution in [2.24, 2.45) is 5.92 Å². The Morgan fingerprint density at radius 3 is 2.62 bits per heavy atom. The van der Waals surface area contributed by atoms with Gasteiger partial charge in [-0.05, 0) is 24.5 Å². The molecule has 1 aliphatic rings. The number of amides is 1. The summed E-state index contributed by atoms with van der Waals surface area (Å²) in [5, 5.41) is 9.38. The summed E-state index contributed by atoms with van der Waals surface area (Å²) in [6.07, 6.45) is 3.41. The van der Waals surface area contributed by atoms with Gasteiger partial charge in [0, 0.05) is 19.5 Å². The number of hydrogen-bond acceptors (Lipinski definition) is 4. The second-order valence-electron chi connectivity index (χ2n) is 6.08. The molecule has 24 heavy (non-hydrogen) atoms. The first-order valence-electron chi connectivity index (χ1n) is 7.92. The number of rotatable bonds is 6. The lowest BCUT2D eigenvalue weighted by molar-refractivity contribution is -0.131. The average molecular weight is 322 g/mol. The summed E-state index contributed by atoms with van der Waals surface area (Å²) >= 11 is 0. The number of Topliss-reactive ketones (excluding diaryl/α,β-unsaturated/α-hetero) is 1. The maximum absolute atomic E-state index is 12.7. The summed E-state index contributed by atoms with van der Waals surface area (Å²) < 4.78 is 5.39. The molecule has 0 spiro atoms. The van der Waals surface area contributed by atoms with Crippen molar-refractivity contribution in [3.8, 4) is 6.07 Å². The van der Waals surface area contributed by atoms with E-state index in [1.807, 2.05) is 36.4 Å². The molecule has 0 unspecified atom stereocenters. The van der Waals surface area contributed by atoms with Gasteiger partial charge in [-0.15, -0.1) is 0 Å². The van der Waals surface area contributed by atoms with Crippen LogP contribution in [0.25, 0.3) is 0 Å². The minimum absolute atomic E-state index is 0.246. The maximum atomic E-state index is 12.7. The molecule has 5 heteroatoms. The van der Waals surface area contributed by atoms with Crippen molar-refractivity contribution in [2.75, 3.05) is 7.05 Å². The molecule has 1 atom stereocenters. The SMILES string of the molecule is CN(Cc1ccccc1)C(=O)[C@@H](C#N)C(=O)c1ccoc1C1CC1. The van der Waals surface area contributed by atoms with E-state index in [1.165, 1.54) is 11.2 Å². The summed E-state index contributed by atoms with van der Waals surface area (Å²) in [7, 11) is 1.60. The van der Waals surface area contributed by atoms with Crippen molar-refractivity contribution < 1.29 is 14.0 Å². The van der Waals surface area contributed by atoms with Gasteiger partial charge in [-0.3, -0.25) is 9.59 Å². The quantitative estimate of drug-likeness (QED) is 0.605. The highest BCUT2D eigenvalue weighted by molar-refractivity contribution is 6.12. The molecule has 1 fully saturated rings. The Bertz CT molecular complexity index is 784. The highest BCUT2D eigenvalue weighted by atomic mass is 16.3. The van der Waals surface area contributed by atoms with E-state index >= 15 is 0 Å². The van der Waals surface area contributed by atoms with Crippen LogP contribution in [0, 0.1) is 17.2 Å². The number of carbonyl (C=O) groups excluding carboxylic acids is 2. The number of carbonyl (C=O) groups is 2. The van der Waals surface area contributed by atoms with Crippen LogP contribution in [-0.2, 0) is 11.3 Å². The number of ketones is 1. The highest BCUT2D eigenvalue weighted by Crippen LogP contribution is 2.42. The van der Waals surface area contributed by atoms with Crippen molar-refractivity contribution in [3.05, 3.63) is 59.5 Å². The second-order valence-corrected chi connectivity index (χ2v) is 6.08. The van der Waals surface area contributed by atoms with Gasteiger partial charge >= 0.3 is 0 Å². The minimum atomic E-state index is -1.34. The Balaban J connectivity index is 1.75. The molecule has 122 valence electrons. The molecule has 1 saturated carbocycles. The van der Waals surface area contributed by atoms with Gasteiger partial charge in [-0.1, -0.05) is 30.3 Å². The third-order valence-electron chi connectivity index (χ3n) is 4.19. The largest absolute Gasteiger partial charge is 0.468 e. The Kier molecular flexibility index (Phi) is 4.48. The molecule has 1 heterocycles. The molecule has 3 rings (SSSR count). The van der Waals surface area contributed by atoms with Gasteiger partial charge in [0.05, 0.1) is 17.9 Å².